The molecule has 2 heterocycles. The molecule has 0 bridgehead atoms. The molecule has 1 aliphatic heterocycles. The third-order valence-electron chi connectivity index (χ3n) is 5.88. The van der Waals surface area contributed by atoms with Crippen LogP contribution in [0.1, 0.15) is 11.3 Å². The van der Waals surface area contributed by atoms with Gasteiger partial charge in [-0.1, -0.05) is 48.0 Å². The minimum Gasteiger partial charge on any atom is -0.379 e. The Hall–Kier alpha value is -3.09. The largest absolute Gasteiger partial charge is 0.379 e. The van der Waals surface area contributed by atoms with Crippen LogP contribution in [0.2, 0.25) is 5.02 Å². The summed E-state index contributed by atoms with van der Waals surface area (Å²) in [4.78, 5) is 9.24. The van der Waals surface area contributed by atoms with Gasteiger partial charge in [-0.25, -0.2) is 26.8 Å². The van der Waals surface area contributed by atoms with E-state index in [1.165, 1.54) is 28.6 Å². The molecule has 37 heavy (non-hydrogen) atoms. The van der Waals surface area contributed by atoms with Gasteiger partial charge in [0.15, 0.2) is 5.82 Å². The van der Waals surface area contributed by atoms with Gasteiger partial charge in [0.05, 0.1) is 39.9 Å². The van der Waals surface area contributed by atoms with E-state index in [0.29, 0.717) is 35.5 Å². The van der Waals surface area contributed by atoms with E-state index in [1.807, 2.05) is 6.07 Å². The van der Waals surface area contributed by atoms with Crippen molar-refractivity contribution in [2.24, 2.45) is 0 Å². The van der Waals surface area contributed by atoms with Crippen LogP contribution in [0.15, 0.2) is 82.6 Å². The molecular weight excluding hydrogens is 536 g/mol. The lowest BCUT2D eigenvalue weighted by Gasteiger charge is -2.26. The molecule has 0 saturated carbocycles. The molecule has 0 amide bonds. The Kier molecular flexibility index (Phi) is 7.15. The summed E-state index contributed by atoms with van der Waals surface area (Å²) in [5.74, 6) is 0.0649. The van der Waals surface area contributed by atoms with E-state index in [1.54, 1.807) is 42.5 Å². The molecule has 0 spiro atoms. The molecule has 1 N–H and O–H groups in total. The molecule has 4 aromatic rings. The molecule has 12 heteroatoms. The highest BCUT2D eigenvalue weighted by Gasteiger charge is 2.29. The highest BCUT2D eigenvalue weighted by molar-refractivity contribution is 7.92. The topological polar surface area (TPSA) is 119 Å². The first-order valence-corrected chi connectivity index (χ1v) is 14.7. The van der Waals surface area contributed by atoms with E-state index in [0.717, 1.165) is 0 Å². The second-order valence-electron chi connectivity index (χ2n) is 8.38. The predicted molar refractivity (Wildman–Crippen MR) is 141 cm³/mol. The maximum Gasteiger partial charge on any atom is 0.263 e. The predicted octanol–water partition coefficient (Wildman–Crippen LogP) is 3.70. The van der Waals surface area contributed by atoms with Crippen LogP contribution in [0.3, 0.4) is 0 Å². The molecule has 1 aliphatic rings. The van der Waals surface area contributed by atoms with Crippen molar-refractivity contribution >= 4 is 48.5 Å². The number of ether oxygens (including phenoxy) is 1. The van der Waals surface area contributed by atoms with Gasteiger partial charge >= 0.3 is 0 Å². The molecular formula is C25H23ClN4O5S2. The summed E-state index contributed by atoms with van der Waals surface area (Å²) < 4.78 is 61.8. The molecule has 0 unspecified atom stereocenters. The Morgan fingerprint density at radius 2 is 1.51 bits per heavy atom. The van der Waals surface area contributed by atoms with E-state index < -0.39 is 20.0 Å². The molecule has 0 radical (unpaired) electrons. The summed E-state index contributed by atoms with van der Waals surface area (Å²) in [6.45, 7) is 1.11. The Morgan fingerprint density at radius 1 is 0.865 bits per heavy atom. The van der Waals surface area contributed by atoms with Crippen molar-refractivity contribution in [1.29, 1.82) is 0 Å². The minimum atomic E-state index is -3.94. The number of aromatic nitrogens is 2. The Labute approximate surface area is 220 Å². The molecule has 1 aromatic heterocycles. The van der Waals surface area contributed by atoms with Gasteiger partial charge in [0.25, 0.3) is 10.0 Å². The number of para-hydroxylation sites is 2. The van der Waals surface area contributed by atoms with Gasteiger partial charge in [-0.15, -0.1) is 0 Å². The number of hydrogen-bond acceptors (Lipinski definition) is 7. The SMILES string of the molecule is O=S(=O)(Nc1nc2ccccc2nc1Cc1ccc(Cl)c(S(=O)(=O)N2CCOCC2)c1)c1ccccc1. The van der Waals surface area contributed by atoms with Crippen molar-refractivity contribution in [1.82, 2.24) is 14.3 Å². The van der Waals surface area contributed by atoms with Crippen molar-refractivity contribution in [2.45, 2.75) is 16.2 Å². The van der Waals surface area contributed by atoms with Crippen LogP contribution < -0.4 is 4.72 Å². The van der Waals surface area contributed by atoms with E-state index >= 15 is 0 Å². The smallest absolute Gasteiger partial charge is 0.263 e. The molecule has 0 atom stereocenters. The number of fused-ring (bicyclic) bond motifs is 1. The summed E-state index contributed by atoms with van der Waals surface area (Å²) in [7, 11) is -7.78. The third kappa shape index (κ3) is 5.46. The normalized spacial score (nSPS) is 15.1. The quantitative estimate of drug-likeness (QED) is 0.367. The van der Waals surface area contributed by atoms with Gasteiger partial charge in [0, 0.05) is 19.5 Å². The maximum atomic E-state index is 13.3. The number of halogens is 1. The molecule has 5 rings (SSSR count). The van der Waals surface area contributed by atoms with Crippen molar-refractivity contribution in [3.63, 3.8) is 0 Å². The number of nitrogens with one attached hydrogen (secondary N) is 1. The van der Waals surface area contributed by atoms with Crippen LogP contribution in [-0.2, 0) is 31.2 Å². The van der Waals surface area contributed by atoms with Crippen LogP contribution in [0.25, 0.3) is 11.0 Å². The van der Waals surface area contributed by atoms with Crippen molar-refractivity contribution < 1.29 is 21.6 Å². The second-order valence-corrected chi connectivity index (χ2v) is 12.4. The average molecular weight is 559 g/mol. The van der Waals surface area contributed by atoms with Crippen LogP contribution in [0.5, 0.6) is 0 Å². The fourth-order valence-electron chi connectivity index (χ4n) is 4.00. The number of anilines is 1. The highest BCUT2D eigenvalue weighted by Crippen LogP contribution is 2.29. The summed E-state index contributed by atoms with van der Waals surface area (Å²) in [6.07, 6.45) is 0.118. The second kappa shape index (κ2) is 10.3. The summed E-state index contributed by atoms with van der Waals surface area (Å²) in [6, 6.07) is 19.8. The fraction of sp³-hybridized carbons (Fsp3) is 0.200. The van der Waals surface area contributed by atoms with Crippen molar-refractivity contribution in [3.8, 4) is 0 Å². The van der Waals surface area contributed by atoms with Crippen molar-refractivity contribution in [3.05, 3.63) is 89.1 Å². The standard InChI is InChI=1S/C25H23ClN4O5S2/c26-20-11-10-18(17-24(20)37(33,34)30-12-14-35-15-13-30)16-23-25(28-22-9-5-4-8-21(22)27-23)29-36(31,32)19-6-2-1-3-7-19/h1-11,17H,12-16H2,(H,28,29). The number of sulfonamides is 2. The van der Waals surface area contributed by atoms with E-state index in [2.05, 4.69) is 14.7 Å². The van der Waals surface area contributed by atoms with Crippen LogP contribution in [0.4, 0.5) is 5.82 Å². The van der Waals surface area contributed by atoms with Gasteiger partial charge in [0.2, 0.25) is 10.0 Å². The molecule has 9 nitrogen and oxygen atoms in total. The average Bonchev–Trinajstić information content (AvgIpc) is 2.91. The lowest BCUT2D eigenvalue weighted by atomic mass is 10.1. The number of hydrogen-bond donors (Lipinski definition) is 1. The maximum absolute atomic E-state index is 13.3. The fourth-order valence-corrected chi connectivity index (χ4v) is 6.99. The Morgan fingerprint density at radius 3 is 2.22 bits per heavy atom. The number of morpholine rings is 1. The van der Waals surface area contributed by atoms with E-state index in [4.69, 9.17) is 16.3 Å². The van der Waals surface area contributed by atoms with Gasteiger partial charge in [-0.2, -0.15) is 4.31 Å². The molecule has 3 aromatic carbocycles. The molecule has 192 valence electrons. The van der Waals surface area contributed by atoms with Gasteiger partial charge in [0.1, 0.15) is 4.90 Å². The minimum absolute atomic E-state index is 0.0197. The summed E-state index contributed by atoms with van der Waals surface area (Å²) in [5.41, 5.74) is 2.02. The zero-order valence-corrected chi connectivity index (χ0v) is 21.9. The molecule has 0 aliphatic carbocycles. The number of nitrogens with zero attached hydrogens (tertiary/aromatic N) is 3. The monoisotopic (exact) mass is 558 g/mol. The van der Waals surface area contributed by atoms with Gasteiger partial charge in [-0.05, 0) is 42.0 Å². The first-order valence-electron chi connectivity index (χ1n) is 11.4. The van der Waals surface area contributed by atoms with Gasteiger partial charge in [-0.3, -0.25) is 4.72 Å². The first kappa shape index (κ1) is 25.6. The van der Waals surface area contributed by atoms with E-state index in [9.17, 15) is 16.8 Å². The molecule has 1 saturated heterocycles. The zero-order valence-electron chi connectivity index (χ0n) is 19.5. The summed E-state index contributed by atoms with van der Waals surface area (Å²) >= 11 is 6.31. The highest BCUT2D eigenvalue weighted by atomic mass is 35.5. The zero-order chi connectivity index (χ0) is 26.0. The number of benzene rings is 3. The third-order valence-corrected chi connectivity index (χ3v) is 9.62. The Bertz CT molecular complexity index is 1660. The van der Waals surface area contributed by atoms with Crippen molar-refractivity contribution in [2.75, 3.05) is 31.0 Å². The van der Waals surface area contributed by atoms with Crippen LogP contribution >= 0.6 is 11.6 Å². The first-order chi connectivity index (χ1) is 17.7. The lowest BCUT2D eigenvalue weighted by Crippen LogP contribution is -2.40. The lowest BCUT2D eigenvalue weighted by molar-refractivity contribution is 0.0730. The number of rotatable bonds is 7. The summed E-state index contributed by atoms with van der Waals surface area (Å²) in [5, 5.41) is 0.102. The molecule has 1 fully saturated rings. The van der Waals surface area contributed by atoms with Crippen LogP contribution in [0, 0.1) is 0 Å². The van der Waals surface area contributed by atoms with Gasteiger partial charge < -0.3 is 4.74 Å². The Balaban J connectivity index is 1.54. The van der Waals surface area contributed by atoms with Crippen LogP contribution in [-0.4, -0.2) is 57.4 Å². The van der Waals surface area contributed by atoms with E-state index in [-0.39, 0.29) is 40.1 Å².